The van der Waals surface area contributed by atoms with Crippen LogP contribution in [-0.2, 0) is 4.79 Å². The molecule has 0 saturated carbocycles. The van der Waals surface area contributed by atoms with Crippen molar-refractivity contribution in [1.82, 2.24) is 5.32 Å². The summed E-state index contributed by atoms with van der Waals surface area (Å²) in [7, 11) is 0. The van der Waals surface area contributed by atoms with Crippen molar-refractivity contribution >= 4 is 11.6 Å². The van der Waals surface area contributed by atoms with Gasteiger partial charge in [-0.2, -0.15) is 0 Å². The number of nitrogens with one attached hydrogen (secondary N) is 2. The maximum Gasteiger partial charge on any atom is 0.225 e. The number of anilines is 1. The maximum atomic E-state index is 12.2. The summed E-state index contributed by atoms with van der Waals surface area (Å²) in [5, 5.41) is 15.7. The normalized spacial score (nSPS) is 13.2. The lowest BCUT2D eigenvalue weighted by atomic mass is 9.95. The van der Waals surface area contributed by atoms with Crippen molar-refractivity contribution in [1.29, 1.82) is 0 Å². The van der Waals surface area contributed by atoms with Crippen molar-refractivity contribution in [3.8, 4) is 0 Å². The number of carbonyl (C=O) groups is 1. The van der Waals surface area contributed by atoms with Crippen molar-refractivity contribution in [2.24, 2.45) is 0 Å². The van der Waals surface area contributed by atoms with Crippen LogP contribution in [0.25, 0.3) is 0 Å². The minimum absolute atomic E-state index is 0.00715. The number of para-hydroxylation sites is 1. The molecule has 0 spiro atoms. The number of aliphatic hydroxyl groups is 1. The number of hydrogen-bond donors (Lipinski definition) is 3. The van der Waals surface area contributed by atoms with Crippen LogP contribution in [0.15, 0.2) is 54.6 Å². The fourth-order valence-corrected chi connectivity index (χ4v) is 2.88. The molecule has 25 heavy (non-hydrogen) atoms. The quantitative estimate of drug-likeness (QED) is 0.655. The highest BCUT2D eigenvalue weighted by atomic mass is 16.3. The first kappa shape index (κ1) is 19.2. The highest BCUT2D eigenvalue weighted by Gasteiger charge is 2.14. The van der Waals surface area contributed by atoms with E-state index in [0.717, 1.165) is 17.8 Å². The number of aryl methyl sites for hydroxylation is 1. The summed E-state index contributed by atoms with van der Waals surface area (Å²) in [4.78, 5) is 12.2. The fraction of sp³-hybridized carbons (Fsp3) is 0.381. The smallest absolute Gasteiger partial charge is 0.225 e. The molecule has 3 N–H and O–H groups in total. The Labute approximate surface area is 150 Å². The molecule has 2 rings (SSSR count). The van der Waals surface area contributed by atoms with Crippen LogP contribution in [0.3, 0.4) is 0 Å². The van der Waals surface area contributed by atoms with Crippen molar-refractivity contribution < 1.29 is 9.90 Å². The molecular formula is C21H28N2O2. The third-order valence-electron chi connectivity index (χ3n) is 4.37. The second-order valence-electron chi connectivity index (χ2n) is 6.50. The van der Waals surface area contributed by atoms with Crippen molar-refractivity contribution in [3.63, 3.8) is 0 Å². The monoisotopic (exact) mass is 340 g/mol. The third-order valence-corrected chi connectivity index (χ3v) is 4.37. The predicted molar refractivity (Wildman–Crippen MR) is 103 cm³/mol. The molecule has 1 amide bonds. The van der Waals surface area contributed by atoms with Gasteiger partial charge in [0, 0.05) is 31.3 Å². The summed E-state index contributed by atoms with van der Waals surface area (Å²) in [6.07, 6.45) is 1.12. The molecule has 0 bridgehead atoms. The standard InChI is InChI=1S/C21H28N2O2/c1-16-8-6-7-11-20(16)23-21(25)14-17(2)22-15-19(12-13-24)18-9-4-3-5-10-18/h3-11,17,19,22,24H,12-15H2,1-2H3,(H,23,25). The SMILES string of the molecule is Cc1ccccc1NC(=O)CC(C)NCC(CCO)c1ccccc1. The lowest BCUT2D eigenvalue weighted by Gasteiger charge is -2.20. The Hall–Kier alpha value is -2.17. The topological polar surface area (TPSA) is 61.4 Å². The highest BCUT2D eigenvalue weighted by molar-refractivity contribution is 5.91. The zero-order valence-corrected chi connectivity index (χ0v) is 15.0. The van der Waals surface area contributed by atoms with Crippen molar-refractivity contribution in [3.05, 3.63) is 65.7 Å². The number of rotatable bonds is 9. The van der Waals surface area contributed by atoms with Crippen molar-refractivity contribution in [2.45, 2.75) is 38.6 Å². The zero-order valence-electron chi connectivity index (χ0n) is 15.0. The van der Waals surface area contributed by atoms with E-state index in [4.69, 9.17) is 0 Å². The second kappa shape index (κ2) is 9.97. The lowest BCUT2D eigenvalue weighted by molar-refractivity contribution is -0.116. The molecule has 0 aliphatic rings. The second-order valence-corrected chi connectivity index (χ2v) is 6.50. The number of aliphatic hydroxyl groups excluding tert-OH is 1. The molecule has 2 aromatic rings. The van der Waals surface area contributed by atoms with E-state index >= 15 is 0 Å². The summed E-state index contributed by atoms with van der Waals surface area (Å²) >= 11 is 0. The van der Waals surface area contributed by atoms with Gasteiger partial charge in [-0.25, -0.2) is 0 Å². The molecular weight excluding hydrogens is 312 g/mol. The van der Waals surface area contributed by atoms with Gasteiger partial charge in [0.25, 0.3) is 0 Å². The largest absolute Gasteiger partial charge is 0.396 e. The molecule has 0 saturated heterocycles. The van der Waals surface area contributed by atoms with E-state index < -0.39 is 0 Å². The van der Waals surface area contributed by atoms with Gasteiger partial charge in [-0.05, 0) is 43.4 Å². The van der Waals surface area contributed by atoms with Crippen LogP contribution >= 0.6 is 0 Å². The number of carbonyl (C=O) groups excluding carboxylic acids is 1. The van der Waals surface area contributed by atoms with Gasteiger partial charge in [0.15, 0.2) is 0 Å². The first-order valence-corrected chi connectivity index (χ1v) is 8.84. The molecule has 0 heterocycles. The highest BCUT2D eigenvalue weighted by Crippen LogP contribution is 2.18. The van der Waals surface area contributed by atoms with E-state index in [0.29, 0.717) is 12.8 Å². The van der Waals surface area contributed by atoms with Gasteiger partial charge in [0.2, 0.25) is 5.91 Å². The van der Waals surface area contributed by atoms with E-state index in [1.165, 1.54) is 5.56 Å². The predicted octanol–water partition coefficient (Wildman–Crippen LogP) is 3.47. The summed E-state index contributed by atoms with van der Waals surface area (Å²) in [6.45, 7) is 4.89. The fourth-order valence-electron chi connectivity index (χ4n) is 2.88. The van der Waals surface area contributed by atoms with Crippen LogP contribution in [-0.4, -0.2) is 30.2 Å². The van der Waals surface area contributed by atoms with E-state index in [-0.39, 0.29) is 24.5 Å². The summed E-state index contributed by atoms with van der Waals surface area (Å²) in [5.41, 5.74) is 3.13. The Bertz CT molecular complexity index is 658. The van der Waals surface area contributed by atoms with Gasteiger partial charge < -0.3 is 15.7 Å². The number of hydrogen-bond acceptors (Lipinski definition) is 3. The molecule has 0 aromatic heterocycles. The Kier molecular flexibility index (Phi) is 7.64. The van der Waals surface area contributed by atoms with E-state index in [1.54, 1.807) is 0 Å². The van der Waals surface area contributed by atoms with Gasteiger partial charge >= 0.3 is 0 Å². The van der Waals surface area contributed by atoms with E-state index in [1.807, 2.05) is 56.3 Å². The molecule has 4 heteroatoms. The molecule has 2 atom stereocenters. The van der Waals surface area contributed by atoms with E-state index in [2.05, 4.69) is 22.8 Å². The molecule has 0 fully saturated rings. The van der Waals surface area contributed by atoms with Gasteiger partial charge in [0.1, 0.15) is 0 Å². The van der Waals surface area contributed by atoms with Crippen LogP contribution in [0, 0.1) is 6.92 Å². The third kappa shape index (κ3) is 6.33. The summed E-state index contributed by atoms with van der Waals surface area (Å²) in [6, 6.07) is 18.0. The first-order chi connectivity index (χ1) is 12.1. The summed E-state index contributed by atoms with van der Waals surface area (Å²) < 4.78 is 0. The van der Waals surface area contributed by atoms with Crippen LogP contribution in [0.5, 0.6) is 0 Å². The van der Waals surface area contributed by atoms with Gasteiger partial charge in [0.05, 0.1) is 0 Å². The molecule has 0 aliphatic carbocycles. The van der Waals surface area contributed by atoms with Crippen molar-refractivity contribution in [2.75, 3.05) is 18.5 Å². The van der Waals surface area contributed by atoms with Gasteiger partial charge in [-0.15, -0.1) is 0 Å². The Morgan fingerprint density at radius 3 is 2.44 bits per heavy atom. The Balaban J connectivity index is 1.83. The minimum Gasteiger partial charge on any atom is -0.396 e. The molecule has 134 valence electrons. The number of benzene rings is 2. The summed E-state index contributed by atoms with van der Waals surface area (Å²) in [5.74, 6) is 0.251. The molecule has 2 aromatic carbocycles. The molecule has 4 nitrogen and oxygen atoms in total. The number of amides is 1. The van der Waals surface area contributed by atoms with Crippen LogP contribution in [0.4, 0.5) is 5.69 Å². The maximum absolute atomic E-state index is 12.2. The average molecular weight is 340 g/mol. The Morgan fingerprint density at radius 2 is 1.76 bits per heavy atom. The average Bonchev–Trinajstić information content (AvgIpc) is 2.61. The van der Waals surface area contributed by atoms with Gasteiger partial charge in [-0.1, -0.05) is 48.5 Å². The van der Waals surface area contributed by atoms with E-state index in [9.17, 15) is 9.90 Å². The van der Waals surface area contributed by atoms with Crippen LogP contribution < -0.4 is 10.6 Å². The van der Waals surface area contributed by atoms with Crippen LogP contribution in [0.1, 0.15) is 36.8 Å². The zero-order chi connectivity index (χ0) is 18.1. The first-order valence-electron chi connectivity index (χ1n) is 8.84. The lowest BCUT2D eigenvalue weighted by Crippen LogP contribution is -2.34. The molecule has 2 unspecified atom stereocenters. The molecule has 0 radical (unpaired) electrons. The Morgan fingerprint density at radius 1 is 1.08 bits per heavy atom. The van der Waals surface area contributed by atoms with Crippen LogP contribution in [0.2, 0.25) is 0 Å². The molecule has 0 aliphatic heterocycles. The van der Waals surface area contributed by atoms with Gasteiger partial charge in [-0.3, -0.25) is 4.79 Å². The minimum atomic E-state index is 0.00715.